The number of carbonyl (C=O) groups excluding carboxylic acids is 1. The van der Waals surface area contributed by atoms with Crippen LogP contribution in [0.15, 0.2) is 24.5 Å². The average molecular weight is 373 g/mol. The van der Waals surface area contributed by atoms with E-state index in [0.717, 1.165) is 44.8 Å². The first-order valence-corrected chi connectivity index (χ1v) is 9.87. The number of piperidine rings is 1. The first kappa shape index (κ1) is 19.6. The van der Waals surface area contributed by atoms with Crippen molar-refractivity contribution < 1.29 is 27.0 Å². The quantitative estimate of drug-likeness (QED) is 0.291. The molecule has 1 N–H and O–H groups in total. The fourth-order valence-electron chi connectivity index (χ4n) is 2.64. The zero-order chi connectivity index (χ0) is 18.3. The van der Waals surface area contributed by atoms with Gasteiger partial charge in [-0.2, -0.15) is 13.1 Å². The van der Waals surface area contributed by atoms with E-state index in [-0.39, 0.29) is 12.2 Å². The van der Waals surface area contributed by atoms with Gasteiger partial charge in [0.05, 0.1) is 6.26 Å². The van der Waals surface area contributed by atoms with Crippen LogP contribution in [-0.2, 0) is 19.1 Å². The Balaban J connectivity index is 1.86. The van der Waals surface area contributed by atoms with E-state index in [1.165, 1.54) is 18.3 Å². The summed E-state index contributed by atoms with van der Waals surface area (Å²) in [4.78, 5) is 19.1. The summed E-state index contributed by atoms with van der Waals surface area (Å²) >= 11 is 0. The van der Waals surface area contributed by atoms with Crippen molar-refractivity contribution in [3.8, 4) is 0 Å². The van der Waals surface area contributed by atoms with Crippen LogP contribution in [0.3, 0.4) is 0 Å². The molecule has 2 rings (SSSR count). The predicted molar refractivity (Wildman–Crippen MR) is 88.8 cm³/mol. The Morgan fingerprint density at radius 1 is 1.40 bits per heavy atom. The standard InChI is InChI=1S/C15H23N3O6S/c1-25(21,22)24-14(11-17-7-3-2-4-8-17)12-23-16-15(19)13-6-5-9-18(20)10-13/h5-6,9-10,14H,2-4,7-8,11-12H2,1H3,(H,16,19). The van der Waals surface area contributed by atoms with Gasteiger partial charge in [-0.25, -0.2) is 5.48 Å². The zero-order valence-electron chi connectivity index (χ0n) is 14.1. The van der Waals surface area contributed by atoms with Crippen molar-refractivity contribution in [2.45, 2.75) is 25.4 Å². The highest BCUT2D eigenvalue weighted by molar-refractivity contribution is 7.86. The maximum atomic E-state index is 11.9. The van der Waals surface area contributed by atoms with E-state index in [4.69, 9.17) is 9.02 Å². The van der Waals surface area contributed by atoms with Crippen molar-refractivity contribution >= 4 is 16.0 Å². The summed E-state index contributed by atoms with van der Waals surface area (Å²) in [5.41, 5.74) is 2.33. The van der Waals surface area contributed by atoms with E-state index in [0.29, 0.717) is 11.3 Å². The summed E-state index contributed by atoms with van der Waals surface area (Å²) in [6, 6.07) is 2.90. The number of pyridine rings is 1. The van der Waals surface area contributed by atoms with Crippen molar-refractivity contribution in [2.75, 3.05) is 32.5 Å². The van der Waals surface area contributed by atoms with Gasteiger partial charge in [0.15, 0.2) is 12.4 Å². The molecule has 0 saturated carbocycles. The van der Waals surface area contributed by atoms with Crippen LogP contribution in [0, 0.1) is 5.21 Å². The minimum absolute atomic E-state index is 0.125. The van der Waals surface area contributed by atoms with E-state index < -0.39 is 22.1 Å². The Bertz CT molecular complexity index is 676. The third-order valence-corrected chi connectivity index (χ3v) is 4.31. The molecule has 1 aromatic rings. The molecule has 1 atom stereocenters. The van der Waals surface area contributed by atoms with Gasteiger partial charge in [0.25, 0.3) is 16.0 Å². The van der Waals surface area contributed by atoms with Crippen molar-refractivity contribution in [2.24, 2.45) is 0 Å². The number of aromatic nitrogens is 1. The molecule has 1 aliphatic heterocycles. The summed E-state index contributed by atoms with van der Waals surface area (Å²) in [5.74, 6) is -0.596. The molecule has 9 nitrogen and oxygen atoms in total. The Hall–Kier alpha value is -1.75. The van der Waals surface area contributed by atoms with E-state index in [1.54, 1.807) is 0 Å². The number of hydrogen-bond donors (Lipinski definition) is 1. The predicted octanol–water partition coefficient (Wildman–Crippen LogP) is -0.188. The van der Waals surface area contributed by atoms with E-state index >= 15 is 0 Å². The molecule has 10 heteroatoms. The minimum Gasteiger partial charge on any atom is -0.619 e. The van der Waals surface area contributed by atoms with Crippen molar-refractivity contribution in [3.63, 3.8) is 0 Å². The number of hydroxylamine groups is 1. The lowest BCUT2D eigenvalue weighted by molar-refractivity contribution is -0.605. The van der Waals surface area contributed by atoms with Crippen LogP contribution >= 0.6 is 0 Å². The topological polar surface area (TPSA) is 112 Å². The van der Waals surface area contributed by atoms with Gasteiger partial charge in [-0.1, -0.05) is 6.42 Å². The number of nitrogens with zero attached hydrogens (tertiary/aromatic N) is 2. The second-order valence-corrected chi connectivity index (χ2v) is 7.58. The van der Waals surface area contributed by atoms with Gasteiger partial charge in [-0.15, -0.1) is 0 Å². The maximum Gasteiger partial charge on any atom is 0.280 e. The SMILES string of the molecule is CS(=O)(=O)OC(CONC(=O)c1ccc[n+]([O-])c1)CN1CCCCC1. The van der Waals surface area contributed by atoms with Gasteiger partial charge in [0, 0.05) is 12.6 Å². The van der Waals surface area contributed by atoms with Gasteiger partial charge >= 0.3 is 0 Å². The first-order valence-electron chi connectivity index (χ1n) is 8.05. The van der Waals surface area contributed by atoms with Crippen molar-refractivity contribution in [1.29, 1.82) is 0 Å². The summed E-state index contributed by atoms with van der Waals surface area (Å²) < 4.78 is 28.4. The molecule has 1 amide bonds. The molecule has 1 aliphatic rings. The molecule has 0 aliphatic carbocycles. The highest BCUT2D eigenvalue weighted by Crippen LogP contribution is 2.11. The molecule has 140 valence electrons. The van der Waals surface area contributed by atoms with Crippen LogP contribution in [0.2, 0.25) is 0 Å². The average Bonchev–Trinajstić information content (AvgIpc) is 2.54. The smallest absolute Gasteiger partial charge is 0.280 e. The highest BCUT2D eigenvalue weighted by Gasteiger charge is 2.22. The molecule has 0 radical (unpaired) electrons. The highest BCUT2D eigenvalue weighted by atomic mass is 32.2. The zero-order valence-corrected chi connectivity index (χ0v) is 14.9. The molecule has 2 heterocycles. The molecule has 0 spiro atoms. The van der Waals surface area contributed by atoms with Crippen LogP contribution in [-0.4, -0.2) is 57.8 Å². The van der Waals surface area contributed by atoms with Gasteiger partial charge in [-0.05, 0) is 32.0 Å². The van der Waals surface area contributed by atoms with Crippen LogP contribution in [0.1, 0.15) is 29.6 Å². The number of rotatable bonds is 8. The number of hydrogen-bond acceptors (Lipinski definition) is 7. The largest absolute Gasteiger partial charge is 0.619 e. The minimum atomic E-state index is -3.65. The number of amides is 1. The lowest BCUT2D eigenvalue weighted by Crippen LogP contribution is -2.41. The second-order valence-electron chi connectivity index (χ2n) is 5.98. The Morgan fingerprint density at radius 2 is 2.12 bits per heavy atom. The number of carbonyl (C=O) groups is 1. The van der Waals surface area contributed by atoms with Crippen molar-refractivity contribution in [1.82, 2.24) is 10.4 Å². The van der Waals surface area contributed by atoms with Crippen LogP contribution in [0.25, 0.3) is 0 Å². The summed E-state index contributed by atoms with van der Waals surface area (Å²) in [5, 5.41) is 11.2. The Kier molecular flexibility index (Phi) is 7.12. The molecular weight excluding hydrogens is 350 g/mol. The summed E-state index contributed by atoms with van der Waals surface area (Å²) in [6.45, 7) is 2.03. The summed E-state index contributed by atoms with van der Waals surface area (Å²) in [6.07, 6.45) is 5.90. The molecule has 1 saturated heterocycles. The Labute approximate surface area is 147 Å². The van der Waals surface area contributed by atoms with Gasteiger partial charge < -0.3 is 10.1 Å². The number of nitrogens with one attached hydrogen (secondary N) is 1. The summed E-state index contributed by atoms with van der Waals surface area (Å²) in [7, 11) is -3.65. The third kappa shape index (κ3) is 7.34. The third-order valence-electron chi connectivity index (χ3n) is 3.69. The lowest BCUT2D eigenvalue weighted by Gasteiger charge is -2.29. The van der Waals surface area contributed by atoms with Crippen molar-refractivity contribution in [3.05, 3.63) is 35.3 Å². The van der Waals surface area contributed by atoms with Gasteiger partial charge in [0.1, 0.15) is 18.3 Å². The van der Waals surface area contributed by atoms with Crippen LogP contribution < -0.4 is 10.2 Å². The lowest BCUT2D eigenvalue weighted by atomic mass is 10.1. The number of likely N-dealkylation sites (tertiary alicyclic amines) is 1. The first-order chi connectivity index (χ1) is 11.8. The monoisotopic (exact) mass is 373 g/mol. The molecular formula is C15H23N3O6S. The van der Waals surface area contributed by atoms with E-state index in [2.05, 4.69) is 10.4 Å². The van der Waals surface area contributed by atoms with Gasteiger partial charge in [0.2, 0.25) is 0 Å². The molecule has 1 fully saturated rings. The van der Waals surface area contributed by atoms with E-state index in [9.17, 15) is 18.4 Å². The Morgan fingerprint density at radius 3 is 2.76 bits per heavy atom. The molecule has 25 heavy (non-hydrogen) atoms. The molecule has 1 unspecified atom stereocenters. The van der Waals surface area contributed by atoms with Crippen LogP contribution in [0.4, 0.5) is 0 Å². The normalized spacial score (nSPS) is 17.2. The van der Waals surface area contributed by atoms with Crippen LogP contribution in [0.5, 0.6) is 0 Å². The fourth-order valence-corrected chi connectivity index (χ4v) is 3.25. The molecule has 0 aromatic carbocycles. The van der Waals surface area contributed by atoms with Gasteiger partial charge in [-0.3, -0.25) is 13.8 Å². The maximum absolute atomic E-state index is 11.9. The second kappa shape index (κ2) is 9.09. The van der Waals surface area contributed by atoms with E-state index in [1.807, 2.05) is 0 Å². The fraction of sp³-hybridized carbons (Fsp3) is 0.600. The molecule has 0 bridgehead atoms. The molecule has 1 aromatic heterocycles.